The summed E-state index contributed by atoms with van der Waals surface area (Å²) >= 11 is 1.50. The highest BCUT2D eigenvalue weighted by Crippen LogP contribution is 2.30. The quantitative estimate of drug-likeness (QED) is 0.517. The minimum absolute atomic E-state index is 0.0175. The number of benzene rings is 2. The highest BCUT2D eigenvalue weighted by Gasteiger charge is 2.20. The van der Waals surface area contributed by atoms with Gasteiger partial charge in [-0.25, -0.2) is 4.98 Å². The summed E-state index contributed by atoms with van der Waals surface area (Å²) in [5, 5.41) is 2.74. The number of aryl methyl sites for hydroxylation is 1. The molecule has 0 fully saturated rings. The Morgan fingerprint density at radius 2 is 1.79 bits per heavy atom. The van der Waals surface area contributed by atoms with Gasteiger partial charge in [0.05, 0.1) is 26.3 Å². The van der Waals surface area contributed by atoms with E-state index in [0.717, 1.165) is 28.4 Å². The van der Waals surface area contributed by atoms with Crippen LogP contribution in [-0.4, -0.2) is 31.7 Å². The number of hydrogen-bond donors (Lipinski definition) is 0. The van der Waals surface area contributed by atoms with E-state index in [1.54, 1.807) is 19.1 Å². The molecule has 0 saturated carbocycles. The Labute approximate surface area is 175 Å². The molecule has 3 rings (SSSR count). The van der Waals surface area contributed by atoms with Crippen LogP contribution < -0.4 is 14.4 Å². The summed E-state index contributed by atoms with van der Waals surface area (Å²) in [6.07, 6.45) is 1.14. The van der Waals surface area contributed by atoms with Crippen molar-refractivity contribution in [3.63, 3.8) is 0 Å². The van der Waals surface area contributed by atoms with Gasteiger partial charge < -0.3 is 9.47 Å². The number of hydrogen-bond acceptors (Lipinski definition) is 5. The van der Waals surface area contributed by atoms with Gasteiger partial charge in [0, 0.05) is 17.5 Å². The van der Waals surface area contributed by atoms with E-state index in [1.807, 2.05) is 23.6 Å². The molecule has 6 heteroatoms. The summed E-state index contributed by atoms with van der Waals surface area (Å²) in [4.78, 5) is 19.6. The number of carbonyl (C=O) groups excluding carboxylic acids is 1. The Bertz CT molecular complexity index is 967. The zero-order valence-corrected chi connectivity index (χ0v) is 18.1. The Balaban J connectivity index is 1.80. The number of aromatic nitrogens is 1. The molecule has 2 aromatic carbocycles. The van der Waals surface area contributed by atoms with Crippen LogP contribution in [0.3, 0.4) is 0 Å². The molecule has 0 aliphatic rings. The van der Waals surface area contributed by atoms with Gasteiger partial charge in [-0.3, -0.25) is 9.69 Å². The molecule has 5 nitrogen and oxygen atoms in total. The van der Waals surface area contributed by atoms with Crippen molar-refractivity contribution in [1.29, 1.82) is 0 Å². The van der Waals surface area contributed by atoms with Crippen LogP contribution >= 0.6 is 11.3 Å². The van der Waals surface area contributed by atoms with Crippen molar-refractivity contribution in [3.8, 4) is 22.8 Å². The minimum atomic E-state index is 0.0175. The molecule has 0 bridgehead atoms. The average Bonchev–Trinajstić information content (AvgIpc) is 3.22. The monoisotopic (exact) mass is 410 g/mol. The summed E-state index contributed by atoms with van der Waals surface area (Å²) in [7, 11) is 3.19. The molecule has 1 heterocycles. The molecule has 0 radical (unpaired) electrons. The van der Waals surface area contributed by atoms with E-state index in [1.165, 1.54) is 16.9 Å². The average molecular weight is 411 g/mol. The smallest absolute Gasteiger partial charge is 0.233 e. The van der Waals surface area contributed by atoms with Crippen LogP contribution in [0.2, 0.25) is 0 Å². The van der Waals surface area contributed by atoms with Crippen LogP contribution in [0.25, 0.3) is 11.3 Å². The number of nitrogens with zero attached hydrogens (tertiary/aromatic N) is 2. The van der Waals surface area contributed by atoms with Gasteiger partial charge in [0.1, 0.15) is 0 Å². The van der Waals surface area contributed by atoms with Crippen LogP contribution in [0.15, 0.2) is 47.8 Å². The first-order valence-electron chi connectivity index (χ1n) is 9.59. The fraction of sp³-hybridized carbons (Fsp3) is 0.304. The Hall–Kier alpha value is -2.86. The van der Waals surface area contributed by atoms with Crippen molar-refractivity contribution in [3.05, 3.63) is 59.0 Å². The van der Waals surface area contributed by atoms with Crippen molar-refractivity contribution in [2.24, 2.45) is 0 Å². The third kappa shape index (κ3) is 4.95. The van der Waals surface area contributed by atoms with Gasteiger partial charge in [0.25, 0.3) is 0 Å². The molecule has 1 aromatic heterocycles. The summed E-state index contributed by atoms with van der Waals surface area (Å²) in [5.41, 5.74) is 4.04. The molecule has 0 unspecified atom stereocenters. The largest absolute Gasteiger partial charge is 0.493 e. The lowest BCUT2D eigenvalue weighted by Crippen LogP contribution is -2.32. The van der Waals surface area contributed by atoms with Gasteiger partial charge in [-0.05, 0) is 31.0 Å². The number of carbonyl (C=O) groups is 1. The van der Waals surface area contributed by atoms with Gasteiger partial charge in [0.2, 0.25) is 5.91 Å². The molecule has 0 saturated heterocycles. The molecular weight excluding hydrogens is 384 g/mol. The minimum Gasteiger partial charge on any atom is -0.493 e. The van der Waals surface area contributed by atoms with Gasteiger partial charge in [0.15, 0.2) is 16.6 Å². The predicted octanol–water partition coefficient (Wildman–Crippen LogP) is 5.12. The van der Waals surface area contributed by atoms with E-state index in [2.05, 4.69) is 38.1 Å². The standard InChI is InChI=1S/C23H26N2O3S/c1-5-12-25(22(26)14-17-8-11-20(27-3)21(13-17)28-4)23-24-19(15-29-23)18-9-6-16(2)7-10-18/h6-11,13,15H,5,12,14H2,1-4H3. The van der Waals surface area contributed by atoms with Crippen LogP contribution in [0.5, 0.6) is 11.5 Å². The summed E-state index contributed by atoms with van der Waals surface area (Å²) in [5.74, 6) is 1.29. The summed E-state index contributed by atoms with van der Waals surface area (Å²) < 4.78 is 10.6. The lowest BCUT2D eigenvalue weighted by atomic mass is 10.1. The number of ether oxygens (including phenoxy) is 2. The molecular formula is C23H26N2O3S. The van der Waals surface area contributed by atoms with Crippen molar-refractivity contribution in [1.82, 2.24) is 4.98 Å². The first kappa shape index (κ1) is 20.9. The van der Waals surface area contributed by atoms with E-state index in [9.17, 15) is 4.79 Å². The fourth-order valence-electron chi connectivity index (χ4n) is 3.06. The summed E-state index contributed by atoms with van der Waals surface area (Å²) in [6.45, 7) is 4.75. The maximum absolute atomic E-state index is 13.1. The number of rotatable bonds is 8. The second-order valence-corrected chi connectivity index (χ2v) is 7.63. The highest BCUT2D eigenvalue weighted by atomic mass is 32.1. The van der Waals surface area contributed by atoms with Crippen molar-refractivity contribution in [2.45, 2.75) is 26.7 Å². The molecule has 0 aliphatic carbocycles. The molecule has 0 spiro atoms. The first-order valence-corrected chi connectivity index (χ1v) is 10.5. The van der Waals surface area contributed by atoms with Crippen LogP contribution in [0.4, 0.5) is 5.13 Å². The maximum Gasteiger partial charge on any atom is 0.233 e. The molecule has 1 amide bonds. The molecule has 3 aromatic rings. The highest BCUT2D eigenvalue weighted by molar-refractivity contribution is 7.14. The van der Waals surface area contributed by atoms with E-state index in [0.29, 0.717) is 18.0 Å². The van der Waals surface area contributed by atoms with Crippen LogP contribution in [-0.2, 0) is 11.2 Å². The van der Waals surface area contributed by atoms with Crippen LogP contribution in [0, 0.1) is 6.92 Å². The van der Waals surface area contributed by atoms with Gasteiger partial charge >= 0.3 is 0 Å². The lowest BCUT2D eigenvalue weighted by Gasteiger charge is -2.19. The second-order valence-electron chi connectivity index (χ2n) is 6.79. The molecule has 0 aliphatic heterocycles. The zero-order chi connectivity index (χ0) is 20.8. The third-order valence-corrected chi connectivity index (χ3v) is 5.49. The van der Waals surface area contributed by atoms with Gasteiger partial charge in [-0.1, -0.05) is 42.8 Å². The number of amides is 1. The second kappa shape index (κ2) is 9.56. The molecule has 0 atom stereocenters. The topological polar surface area (TPSA) is 51.7 Å². The SMILES string of the molecule is CCCN(C(=O)Cc1ccc(OC)c(OC)c1)c1nc(-c2ccc(C)cc2)cs1. The van der Waals surface area contributed by atoms with E-state index in [4.69, 9.17) is 14.5 Å². The number of thiazole rings is 1. The lowest BCUT2D eigenvalue weighted by molar-refractivity contribution is -0.118. The Kier molecular flexibility index (Phi) is 6.88. The first-order chi connectivity index (χ1) is 14.0. The third-order valence-electron chi connectivity index (χ3n) is 4.62. The summed E-state index contributed by atoms with van der Waals surface area (Å²) in [6, 6.07) is 13.8. The number of anilines is 1. The fourth-order valence-corrected chi connectivity index (χ4v) is 3.93. The number of methoxy groups -OCH3 is 2. The van der Waals surface area contributed by atoms with Crippen molar-refractivity contribution in [2.75, 3.05) is 25.7 Å². The zero-order valence-electron chi connectivity index (χ0n) is 17.3. The molecule has 152 valence electrons. The van der Waals surface area contributed by atoms with Crippen molar-refractivity contribution < 1.29 is 14.3 Å². The predicted molar refractivity (Wildman–Crippen MR) is 118 cm³/mol. The van der Waals surface area contributed by atoms with E-state index in [-0.39, 0.29) is 12.3 Å². The van der Waals surface area contributed by atoms with Crippen LogP contribution in [0.1, 0.15) is 24.5 Å². The molecule has 0 N–H and O–H groups in total. The Morgan fingerprint density at radius 3 is 2.45 bits per heavy atom. The van der Waals surface area contributed by atoms with E-state index < -0.39 is 0 Å². The van der Waals surface area contributed by atoms with Gasteiger partial charge in [-0.15, -0.1) is 11.3 Å². The normalized spacial score (nSPS) is 10.6. The maximum atomic E-state index is 13.1. The Morgan fingerprint density at radius 1 is 1.07 bits per heavy atom. The van der Waals surface area contributed by atoms with Gasteiger partial charge in [-0.2, -0.15) is 0 Å². The molecule has 29 heavy (non-hydrogen) atoms. The van der Waals surface area contributed by atoms with Crippen molar-refractivity contribution >= 4 is 22.4 Å². The van der Waals surface area contributed by atoms with E-state index >= 15 is 0 Å².